The van der Waals surface area contributed by atoms with Crippen molar-refractivity contribution in [3.8, 4) is 0 Å². The van der Waals surface area contributed by atoms with E-state index in [4.69, 9.17) is 0 Å². The molecule has 0 aliphatic heterocycles. The van der Waals surface area contributed by atoms with Crippen LogP contribution in [0.1, 0.15) is 41.9 Å². The summed E-state index contributed by atoms with van der Waals surface area (Å²) in [6, 6.07) is 11.2. The molecule has 4 heteroatoms. The first-order valence-corrected chi connectivity index (χ1v) is 6.54. The number of aliphatic hydroxyl groups excluding tert-OH is 2. The van der Waals surface area contributed by atoms with Gasteiger partial charge in [-0.05, 0) is 29.2 Å². The van der Waals surface area contributed by atoms with Crippen LogP contribution in [-0.4, -0.2) is 15.3 Å². The highest BCUT2D eigenvalue weighted by molar-refractivity contribution is 5.40. The van der Waals surface area contributed by atoms with E-state index in [0.717, 1.165) is 23.4 Å². The van der Waals surface area contributed by atoms with Gasteiger partial charge < -0.3 is 10.2 Å². The third kappa shape index (κ3) is 1.93. The number of hydrogen-bond donors (Lipinski definition) is 2. The van der Waals surface area contributed by atoms with Gasteiger partial charge >= 0.3 is 0 Å². The van der Waals surface area contributed by atoms with Crippen molar-refractivity contribution in [2.75, 3.05) is 0 Å². The molecule has 1 aliphatic carbocycles. The summed E-state index contributed by atoms with van der Waals surface area (Å²) in [5, 5.41) is 25.3. The van der Waals surface area contributed by atoms with Crippen LogP contribution in [0.15, 0.2) is 42.6 Å². The van der Waals surface area contributed by atoms with Crippen molar-refractivity contribution in [1.29, 1.82) is 0 Å². The van der Waals surface area contributed by atoms with E-state index in [0.29, 0.717) is 0 Å². The lowest BCUT2D eigenvalue weighted by atomic mass is 9.97. The molecule has 0 bridgehead atoms. The second-order valence-electron chi connectivity index (χ2n) is 4.83. The maximum Gasteiger partial charge on any atom is 0.196 e. The number of fused-ring (bicyclic) bond motifs is 1. The molecule has 1 aliphatic rings. The summed E-state index contributed by atoms with van der Waals surface area (Å²) in [7, 11) is 0. The van der Waals surface area contributed by atoms with E-state index < -0.39 is 18.1 Å². The standard InChI is InChI=1S/C15H17N2O2/c1-2-17-9-5-8-12(16-17)13-14(18)10-6-3-4-7-11(10)15(13)19/h3-9,13-15,18-19H,2H2,1H3/q+1. The lowest BCUT2D eigenvalue weighted by molar-refractivity contribution is -0.751. The summed E-state index contributed by atoms with van der Waals surface area (Å²) >= 11 is 0. The molecule has 19 heavy (non-hydrogen) atoms. The Morgan fingerprint density at radius 1 is 1.05 bits per heavy atom. The summed E-state index contributed by atoms with van der Waals surface area (Å²) in [6.07, 6.45) is 0.475. The SMILES string of the molecule is CC[n+]1cccc(C2C(O)c3ccccc3C2O)n1. The predicted octanol–water partition coefficient (Wildman–Crippen LogP) is 1.25. The highest BCUT2D eigenvalue weighted by Crippen LogP contribution is 2.48. The first-order chi connectivity index (χ1) is 9.22. The summed E-state index contributed by atoms with van der Waals surface area (Å²) < 4.78 is 1.80. The molecule has 1 aromatic carbocycles. The van der Waals surface area contributed by atoms with Crippen LogP contribution in [0.25, 0.3) is 0 Å². The Morgan fingerprint density at radius 2 is 1.68 bits per heavy atom. The quantitative estimate of drug-likeness (QED) is 0.796. The minimum absolute atomic E-state index is 0.392. The zero-order valence-corrected chi connectivity index (χ0v) is 10.8. The van der Waals surface area contributed by atoms with Gasteiger partial charge in [0, 0.05) is 6.07 Å². The molecule has 4 nitrogen and oxygen atoms in total. The van der Waals surface area contributed by atoms with Crippen molar-refractivity contribution >= 4 is 0 Å². The molecule has 2 unspecified atom stereocenters. The largest absolute Gasteiger partial charge is 0.388 e. The number of benzene rings is 1. The van der Waals surface area contributed by atoms with Crippen molar-refractivity contribution in [3.63, 3.8) is 0 Å². The Balaban J connectivity index is 2.03. The van der Waals surface area contributed by atoms with Gasteiger partial charge in [0.25, 0.3) is 0 Å². The van der Waals surface area contributed by atoms with Crippen LogP contribution in [0.3, 0.4) is 0 Å². The van der Waals surface area contributed by atoms with Crippen molar-refractivity contribution in [3.05, 3.63) is 59.4 Å². The molecule has 98 valence electrons. The van der Waals surface area contributed by atoms with E-state index in [1.54, 1.807) is 4.68 Å². The second-order valence-corrected chi connectivity index (χ2v) is 4.83. The molecule has 0 radical (unpaired) electrons. The van der Waals surface area contributed by atoms with Crippen LogP contribution in [0.5, 0.6) is 0 Å². The number of hydrogen-bond acceptors (Lipinski definition) is 3. The summed E-state index contributed by atoms with van der Waals surface area (Å²) in [4.78, 5) is 0. The number of aryl methyl sites for hydroxylation is 1. The van der Waals surface area contributed by atoms with Gasteiger partial charge in [-0.1, -0.05) is 28.9 Å². The molecule has 0 saturated heterocycles. The molecule has 0 fully saturated rings. The van der Waals surface area contributed by atoms with Gasteiger partial charge in [-0.15, -0.1) is 0 Å². The average Bonchev–Trinajstić information content (AvgIpc) is 2.72. The van der Waals surface area contributed by atoms with E-state index >= 15 is 0 Å². The van der Waals surface area contributed by atoms with Gasteiger partial charge in [-0.3, -0.25) is 0 Å². The van der Waals surface area contributed by atoms with Crippen molar-refractivity contribution in [1.82, 2.24) is 5.10 Å². The van der Waals surface area contributed by atoms with Crippen LogP contribution in [0, 0.1) is 0 Å². The Kier molecular flexibility index (Phi) is 3.05. The van der Waals surface area contributed by atoms with E-state index in [9.17, 15) is 10.2 Å². The molecule has 2 N–H and O–H groups in total. The fourth-order valence-corrected chi connectivity index (χ4v) is 2.74. The molecular weight excluding hydrogens is 240 g/mol. The second kappa shape index (κ2) is 4.72. The van der Waals surface area contributed by atoms with Crippen molar-refractivity contribution < 1.29 is 14.9 Å². The fraction of sp³-hybridized carbons (Fsp3) is 0.333. The topological polar surface area (TPSA) is 57.2 Å². The maximum atomic E-state index is 10.4. The Morgan fingerprint density at radius 3 is 2.26 bits per heavy atom. The van der Waals surface area contributed by atoms with Crippen LogP contribution in [0.2, 0.25) is 0 Å². The number of aromatic nitrogens is 2. The summed E-state index contributed by atoms with van der Waals surface area (Å²) in [5.74, 6) is -0.392. The minimum atomic E-state index is -0.702. The summed E-state index contributed by atoms with van der Waals surface area (Å²) in [6.45, 7) is 2.77. The first kappa shape index (κ1) is 12.3. The van der Waals surface area contributed by atoms with Gasteiger partial charge in [-0.2, -0.15) is 0 Å². The van der Waals surface area contributed by atoms with Crippen molar-refractivity contribution in [2.24, 2.45) is 0 Å². The van der Waals surface area contributed by atoms with E-state index in [2.05, 4.69) is 5.10 Å². The molecule has 2 aromatic rings. The monoisotopic (exact) mass is 257 g/mol. The number of aliphatic hydroxyl groups is 2. The Bertz CT molecular complexity index is 571. The lowest BCUT2D eigenvalue weighted by Gasteiger charge is -2.16. The molecule has 0 spiro atoms. The lowest BCUT2D eigenvalue weighted by Crippen LogP contribution is -2.37. The Labute approximate surface area is 112 Å². The van der Waals surface area contributed by atoms with Gasteiger partial charge in [-0.25, -0.2) is 0 Å². The van der Waals surface area contributed by atoms with E-state index in [1.807, 2.05) is 49.5 Å². The zero-order valence-electron chi connectivity index (χ0n) is 10.8. The summed E-state index contributed by atoms with van der Waals surface area (Å²) in [5.41, 5.74) is 2.32. The van der Waals surface area contributed by atoms with Gasteiger partial charge in [0.2, 0.25) is 0 Å². The average molecular weight is 257 g/mol. The minimum Gasteiger partial charge on any atom is -0.388 e. The third-order valence-corrected chi connectivity index (χ3v) is 3.75. The normalized spacial score (nSPS) is 25.3. The fourth-order valence-electron chi connectivity index (χ4n) is 2.74. The highest BCUT2D eigenvalue weighted by Gasteiger charge is 2.41. The molecule has 0 saturated carbocycles. The molecule has 3 rings (SSSR count). The van der Waals surface area contributed by atoms with E-state index in [1.165, 1.54) is 0 Å². The molecule has 2 atom stereocenters. The number of rotatable bonds is 2. The molecule has 0 amide bonds. The Hall–Kier alpha value is -1.78. The first-order valence-electron chi connectivity index (χ1n) is 6.54. The number of nitrogens with zero attached hydrogens (tertiary/aromatic N) is 2. The van der Waals surface area contributed by atoms with Crippen LogP contribution in [0.4, 0.5) is 0 Å². The molecular formula is C15H17N2O2+. The molecule has 1 heterocycles. The van der Waals surface area contributed by atoms with Crippen LogP contribution < -0.4 is 4.68 Å². The third-order valence-electron chi connectivity index (χ3n) is 3.75. The zero-order chi connectivity index (χ0) is 13.4. The van der Waals surface area contributed by atoms with Gasteiger partial charge in [0.05, 0.1) is 18.1 Å². The smallest absolute Gasteiger partial charge is 0.196 e. The molecule has 1 aromatic heterocycles. The highest BCUT2D eigenvalue weighted by atomic mass is 16.3. The van der Waals surface area contributed by atoms with Gasteiger partial charge in [0.15, 0.2) is 12.7 Å². The van der Waals surface area contributed by atoms with Gasteiger partial charge in [0.1, 0.15) is 5.69 Å². The van der Waals surface area contributed by atoms with Crippen LogP contribution >= 0.6 is 0 Å². The predicted molar refractivity (Wildman–Crippen MR) is 69.2 cm³/mol. The van der Waals surface area contributed by atoms with E-state index in [-0.39, 0.29) is 0 Å². The van der Waals surface area contributed by atoms with Crippen LogP contribution in [-0.2, 0) is 6.54 Å². The maximum absolute atomic E-state index is 10.4. The van der Waals surface area contributed by atoms with Crippen molar-refractivity contribution in [2.45, 2.75) is 31.6 Å².